The molecule has 186 valence electrons. The summed E-state index contributed by atoms with van der Waals surface area (Å²) in [5.41, 5.74) is 2.86. The summed E-state index contributed by atoms with van der Waals surface area (Å²) in [6.07, 6.45) is 0.722. The van der Waals surface area contributed by atoms with Gasteiger partial charge in [-0.05, 0) is 49.2 Å². The minimum atomic E-state index is -0.855. The van der Waals surface area contributed by atoms with E-state index in [0.717, 1.165) is 48.2 Å². The SMILES string of the molecule is Cc1c(CCN2CCOCC2)c2cc(OCCO[N+](=O)[O-])ccc2n1C(=O)c1cccc(Cl)c1Cl. The van der Waals surface area contributed by atoms with Crippen molar-refractivity contribution < 1.29 is 24.2 Å². The molecule has 0 saturated carbocycles. The third-order valence-corrected chi connectivity index (χ3v) is 6.84. The van der Waals surface area contributed by atoms with Crippen molar-refractivity contribution in [2.75, 3.05) is 46.1 Å². The maximum atomic E-state index is 13.6. The fourth-order valence-corrected chi connectivity index (χ4v) is 4.67. The Bertz CT molecular complexity index is 1240. The first-order valence-corrected chi connectivity index (χ1v) is 11.9. The standard InChI is InChI=1S/C24H25Cl2N3O6/c1-16-18(7-8-27-9-11-33-12-10-27)20-15-17(34-13-14-35-29(31)32)5-6-22(20)28(16)24(30)19-3-2-4-21(25)23(19)26/h2-6,15H,7-14H2,1H3. The number of aromatic nitrogens is 1. The summed E-state index contributed by atoms with van der Waals surface area (Å²) in [7, 11) is 0. The van der Waals surface area contributed by atoms with Gasteiger partial charge in [0.2, 0.25) is 0 Å². The van der Waals surface area contributed by atoms with E-state index in [1.165, 1.54) is 0 Å². The van der Waals surface area contributed by atoms with Crippen molar-refractivity contribution in [3.8, 4) is 5.75 Å². The molecule has 1 fully saturated rings. The van der Waals surface area contributed by atoms with Crippen LogP contribution in [0.1, 0.15) is 21.6 Å². The van der Waals surface area contributed by atoms with E-state index < -0.39 is 5.09 Å². The smallest absolute Gasteiger partial charge is 0.294 e. The van der Waals surface area contributed by atoms with Crippen molar-refractivity contribution in [3.63, 3.8) is 0 Å². The van der Waals surface area contributed by atoms with E-state index >= 15 is 0 Å². The molecule has 35 heavy (non-hydrogen) atoms. The van der Waals surface area contributed by atoms with Crippen molar-refractivity contribution in [3.05, 3.63) is 73.4 Å². The highest BCUT2D eigenvalue weighted by atomic mass is 35.5. The Kier molecular flexibility index (Phi) is 8.12. The van der Waals surface area contributed by atoms with Gasteiger partial charge in [0.1, 0.15) is 19.0 Å². The second-order valence-corrected chi connectivity index (χ2v) is 8.88. The molecule has 9 nitrogen and oxygen atoms in total. The van der Waals surface area contributed by atoms with Gasteiger partial charge in [-0.15, -0.1) is 10.1 Å². The molecule has 0 N–H and O–H groups in total. The molecule has 4 rings (SSSR count). The second kappa shape index (κ2) is 11.3. The first-order chi connectivity index (χ1) is 16.9. The maximum absolute atomic E-state index is 13.6. The Hall–Kier alpha value is -2.85. The molecule has 1 aliphatic heterocycles. The first-order valence-electron chi connectivity index (χ1n) is 11.2. The third-order valence-electron chi connectivity index (χ3n) is 6.02. The van der Waals surface area contributed by atoms with Gasteiger partial charge in [0.25, 0.3) is 11.0 Å². The lowest BCUT2D eigenvalue weighted by Gasteiger charge is -2.26. The van der Waals surface area contributed by atoms with Gasteiger partial charge < -0.3 is 14.3 Å². The largest absolute Gasteiger partial charge is 0.492 e. The molecule has 0 spiro atoms. The Morgan fingerprint density at radius 2 is 1.94 bits per heavy atom. The van der Waals surface area contributed by atoms with E-state index in [1.54, 1.807) is 34.9 Å². The topological polar surface area (TPSA) is 96.1 Å². The van der Waals surface area contributed by atoms with E-state index in [9.17, 15) is 14.9 Å². The minimum absolute atomic E-state index is 0.0202. The van der Waals surface area contributed by atoms with Gasteiger partial charge in [-0.25, -0.2) is 0 Å². The number of ether oxygens (including phenoxy) is 2. The number of hydrogen-bond donors (Lipinski definition) is 0. The van der Waals surface area contributed by atoms with Crippen LogP contribution in [-0.2, 0) is 16.0 Å². The van der Waals surface area contributed by atoms with Crippen molar-refractivity contribution in [1.29, 1.82) is 0 Å². The lowest BCUT2D eigenvalue weighted by molar-refractivity contribution is -0.757. The number of fused-ring (bicyclic) bond motifs is 1. The van der Waals surface area contributed by atoms with Gasteiger partial charge >= 0.3 is 0 Å². The Morgan fingerprint density at radius 1 is 1.17 bits per heavy atom. The molecule has 2 aromatic carbocycles. The molecule has 1 aliphatic rings. The summed E-state index contributed by atoms with van der Waals surface area (Å²) in [5.74, 6) is 0.258. The normalized spacial score (nSPS) is 14.3. The molecule has 2 heterocycles. The molecule has 0 aliphatic carbocycles. The maximum Gasteiger partial charge on any atom is 0.294 e. The number of nitrogens with zero attached hydrogens (tertiary/aromatic N) is 3. The van der Waals surface area contributed by atoms with Gasteiger partial charge in [-0.2, -0.15) is 0 Å². The van der Waals surface area contributed by atoms with Crippen molar-refractivity contribution in [1.82, 2.24) is 9.47 Å². The van der Waals surface area contributed by atoms with Crippen LogP contribution in [-0.4, -0.2) is 66.5 Å². The van der Waals surface area contributed by atoms with Gasteiger partial charge in [-0.3, -0.25) is 14.3 Å². The summed E-state index contributed by atoms with van der Waals surface area (Å²) in [4.78, 5) is 30.6. The van der Waals surface area contributed by atoms with Gasteiger partial charge in [0.15, 0.2) is 0 Å². The zero-order valence-corrected chi connectivity index (χ0v) is 20.7. The zero-order valence-electron chi connectivity index (χ0n) is 19.2. The molecule has 1 saturated heterocycles. The van der Waals surface area contributed by atoms with Crippen molar-refractivity contribution >= 4 is 40.0 Å². The van der Waals surface area contributed by atoms with Crippen LogP contribution in [0.15, 0.2) is 36.4 Å². The molecule has 0 amide bonds. The van der Waals surface area contributed by atoms with Crippen LogP contribution in [0.3, 0.4) is 0 Å². The van der Waals surface area contributed by atoms with Crippen molar-refractivity contribution in [2.45, 2.75) is 13.3 Å². The van der Waals surface area contributed by atoms with Crippen LogP contribution in [0.4, 0.5) is 0 Å². The zero-order chi connectivity index (χ0) is 24.9. The van der Waals surface area contributed by atoms with Crippen LogP contribution in [0.5, 0.6) is 5.75 Å². The van der Waals surface area contributed by atoms with E-state index in [-0.39, 0.29) is 24.1 Å². The molecular weight excluding hydrogens is 497 g/mol. The van der Waals surface area contributed by atoms with E-state index in [0.29, 0.717) is 29.5 Å². The van der Waals surface area contributed by atoms with Crippen LogP contribution in [0.2, 0.25) is 10.0 Å². The van der Waals surface area contributed by atoms with Gasteiger partial charge in [-0.1, -0.05) is 29.3 Å². The van der Waals surface area contributed by atoms with Crippen LogP contribution in [0.25, 0.3) is 10.9 Å². The molecule has 0 radical (unpaired) electrons. The molecule has 11 heteroatoms. The third kappa shape index (κ3) is 5.70. The Labute approximate surface area is 212 Å². The highest BCUT2D eigenvalue weighted by Crippen LogP contribution is 2.33. The number of hydrogen-bond acceptors (Lipinski definition) is 7. The quantitative estimate of drug-likeness (QED) is 0.233. The minimum Gasteiger partial charge on any atom is -0.492 e. The summed E-state index contributed by atoms with van der Waals surface area (Å²) in [5, 5.41) is 10.9. The van der Waals surface area contributed by atoms with E-state index in [4.69, 9.17) is 32.7 Å². The van der Waals surface area contributed by atoms with Crippen LogP contribution in [0, 0.1) is 17.0 Å². The van der Waals surface area contributed by atoms with Crippen molar-refractivity contribution in [2.24, 2.45) is 0 Å². The number of benzene rings is 2. The Morgan fingerprint density at radius 3 is 2.69 bits per heavy atom. The molecule has 0 bridgehead atoms. The lowest BCUT2D eigenvalue weighted by Crippen LogP contribution is -2.37. The lowest BCUT2D eigenvalue weighted by atomic mass is 10.1. The van der Waals surface area contributed by atoms with E-state index in [2.05, 4.69) is 9.74 Å². The molecular formula is C24H25Cl2N3O6. The number of carbonyl (C=O) groups is 1. The number of rotatable bonds is 9. The Balaban J connectivity index is 1.69. The molecule has 1 aromatic heterocycles. The highest BCUT2D eigenvalue weighted by Gasteiger charge is 2.23. The van der Waals surface area contributed by atoms with E-state index in [1.807, 2.05) is 13.0 Å². The fourth-order valence-electron chi connectivity index (χ4n) is 4.28. The predicted octanol–water partition coefficient (Wildman–Crippen LogP) is 4.41. The predicted molar refractivity (Wildman–Crippen MR) is 132 cm³/mol. The summed E-state index contributed by atoms with van der Waals surface area (Å²) in [6.45, 7) is 5.70. The number of morpholine rings is 1. The first kappa shape index (κ1) is 25.2. The number of carbonyl (C=O) groups excluding carboxylic acids is 1. The molecule has 3 aromatic rings. The van der Waals surface area contributed by atoms with Crippen LogP contribution >= 0.6 is 23.2 Å². The fraction of sp³-hybridized carbons (Fsp3) is 0.375. The second-order valence-electron chi connectivity index (χ2n) is 8.09. The highest BCUT2D eigenvalue weighted by molar-refractivity contribution is 6.44. The molecule has 0 unspecified atom stereocenters. The average molecular weight is 522 g/mol. The number of halogens is 2. The molecule has 0 atom stereocenters. The summed E-state index contributed by atoms with van der Waals surface area (Å²) < 4.78 is 12.8. The van der Waals surface area contributed by atoms with Crippen LogP contribution < -0.4 is 4.74 Å². The summed E-state index contributed by atoms with van der Waals surface area (Å²) in [6, 6.07) is 10.4. The monoisotopic (exact) mass is 521 g/mol. The summed E-state index contributed by atoms with van der Waals surface area (Å²) >= 11 is 12.5. The van der Waals surface area contributed by atoms with Gasteiger partial charge in [0, 0.05) is 30.7 Å². The average Bonchev–Trinajstić information content (AvgIpc) is 3.12. The van der Waals surface area contributed by atoms with Gasteiger partial charge in [0.05, 0.1) is 34.3 Å².